The van der Waals surface area contributed by atoms with E-state index in [-0.39, 0.29) is 5.91 Å². The number of aryl methyl sites for hydroxylation is 1. The highest BCUT2D eigenvalue weighted by molar-refractivity contribution is 5.93. The van der Waals surface area contributed by atoms with Crippen LogP contribution in [0.25, 0.3) is 0 Å². The van der Waals surface area contributed by atoms with Gasteiger partial charge in [0, 0.05) is 26.3 Å². The molecule has 0 aliphatic carbocycles. The summed E-state index contributed by atoms with van der Waals surface area (Å²) in [5.41, 5.74) is 2.76. The van der Waals surface area contributed by atoms with Crippen molar-refractivity contribution in [2.75, 3.05) is 6.54 Å². The minimum atomic E-state index is -0.908. The van der Waals surface area contributed by atoms with E-state index in [0.29, 0.717) is 30.8 Å². The highest BCUT2D eigenvalue weighted by Crippen LogP contribution is 2.23. The van der Waals surface area contributed by atoms with Gasteiger partial charge in [0.25, 0.3) is 5.91 Å². The lowest BCUT2D eigenvalue weighted by molar-refractivity contribution is 0.0694. The highest BCUT2D eigenvalue weighted by Gasteiger charge is 2.25. The molecule has 0 bridgehead atoms. The Balaban J connectivity index is 1.89. The maximum absolute atomic E-state index is 12.5. The molecule has 1 aromatic heterocycles. The number of hydrogen-bond donors (Lipinski definition) is 1. The van der Waals surface area contributed by atoms with Gasteiger partial charge in [-0.3, -0.25) is 4.79 Å². The summed E-state index contributed by atoms with van der Waals surface area (Å²) in [5.74, 6) is -0.928. The zero-order valence-corrected chi connectivity index (χ0v) is 11.7. The molecule has 0 fully saturated rings. The van der Waals surface area contributed by atoms with Gasteiger partial charge in [-0.25, -0.2) is 4.79 Å². The van der Waals surface area contributed by atoms with Crippen molar-refractivity contribution in [2.45, 2.75) is 13.0 Å². The fourth-order valence-corrected chi connectivity index (χ4v) is 2.83. The van der Waals surface area contributed by atoms with E-state index in [1.165, 1.54) is 0 Å². The molecule has 21 heavy (non-hydrogen) atoms. The summed E-state index contributed by atoms with van der Waals surface area (Å²) in [7, 11) is 1.84. The molecule has 3 rings (SSSR count). The van der Waals surface area contributed by atoms with Crippen LogP contribution in [0.2, 0.25) is 0 Å². The lowest BCUT2D eigenvalue weighted by atomic mass is 9.94. The van der Waals surface area contributed by atoms with Crippen LogP contribution in [0.15, 0.2) is 36.5 Å². The van der Waals surface area contributed by atoms with Crippen molar-refractivity contribution < 1.29 is 14.7 Å². The summed E-state index contributed by atoms with van der Waals surface area (Å²) in [5, 5.41) is 9.22. The van der Waals surface area contributed by atoms with Gasteiger partial charge in [-0.2, -0.15) is 0 Å². The monoisotopic (exact) mass is 284 g/mol. The number of aromatic nitrogens is 1. The zero-order valence-electron chi connectivity index (χ0n) is 11.7. The van der Waals surface area contributed by atoms with Crippen molar-refractivity contribution in [2.24, 2.45) is 7.05 Å². The third-order valence-corrected chi connectivity index (χ3v) is 3.95. The number of rotatable bonds is 2. The van der Waals surface area contributed by atoms with Crippen molar-refractivity contribution in [1.82, 2.24) is 9.47 Å². The zero-order chi connectivity index (χ0) is 15.0. The predicted molar refractivity (Wildman–Crippen MR) is 77.3 cm³/mol. The molecular weight excluding hydrogens is 268 g/mol. The van der Waals surface area contributed by atoms with Crippen LogP contribution in [0.5, 0.6) is 0 Å². The number of carboxylic acid groups (broad SMARTS) is 1. The molecule has 0 radical (unpaired) electrons. The first-order valence-corrected chi connectivity index (χ1v) is 6.82. The van der Waals surface area contributed by atoms with Gasteiger partial charge < -0.3 is 14.6 Å². The van der Waals surface area contributed by atoms with Gasteiger partial charge in [0.15, 0.2) is 0 Å². The summed E-state index contributed by atoms with van der Waals surface area (Å²) in [6, 6.07) is 8.89. The van der Waals surface area contributed by atoms with E-state index in [4.69, 9.17) is 0 Å². The maximum Gasteiger partial charge on any atom is 0.335 e. The number of carbonyl (C=O) groups is 2. The summed E-state index contributed by atoms with van der Waals surface area (Å²) in [6.45, 7) is 1.00. The molecule has 2 heterocycles. The number of fused-ring (bicyclic) bond motifs is 1. The van der Waals surface area contributed by atoms with Crippen LogP contribution >= 0.6 is 0 Å². The molecule has 0 atom stereocenters. The fourth-order valence-electron chi connectivity index (χ4n) is 2.83. The van der Waals surface area contributed by atoms with Crippen LogP contribution in [-0.4, -0.2) is 33.0 Å². The minimum Gasteiger partial charge on any atom is -0.478 e. The van der Waals surface area contributed by atoms with Crippen molar-refractivity contribution in [3.63, 3.8) is 0 Å². The molecule has 108 valence electrons. The van der Waals surface area contributed by atoms with Crippen LogP contribution in [-0.2, 0) is 20.0 Å². The number of carbonyl (C=O) groups excluding carboxylic acids is 1. The second kappa shape index (κ2) is 5.09. The number of carboxylic acids is 1. The number of aromatic carboxylic acids is 1. The molecule has 5 nitrogen and oxygen atoms in total. The van der Waals surface area contributed by atoms with E-state index in [1.807, 2.05) is 25.4 Å². The predicted octanol–water partition coefficient (Wildman–Crippen LogP) is 1.92. The lowest BCUT2D eigenvalue weighted by Crippen LogP contribution is -2.37. The van der Waals surface area contributed by atoms with Gasteiger partial charge >= 0.3 is 5.97 Å². The van der Waals surface area contributed by atoms with E-state index in [9.17, 15) is 14.7 Å². The quantitative estimate of drug-likeness (QED) is 0.916. The Hall–Kier alpha value is -2.56. The molecule has 1 amide bonds. The Labute approximate surface area is 122 Å². The number of amides is 1. The Morgan fingerprint density at radius 3 is 2.67 bits per heavy atom. The molecule has 1 aromatic carbocycles. The molecular formula is C16H16N2O3. The van der Waals surface area contributed by atoms with E-state index < -0.39 is 5.97 Å². The molecule has 5 heteroatoms. The fraction of sp³-hybridized carbons (Fsp3) is 0.250. The number of nitrogens with zero attached hydrogens (tertiary/aromatic N) is 2. The Morgan fingerprint density at radius 1 is 1.19 bits per heavy atom. The Morgan fingerprint density at radius 2 is 2.00 bits per heavy atom. The van der Waals surface area contributed by atoms with Crippen LogP contribution < -0.4 is 0 Å². The molecule has 1 aliphatic rings. The molecule has 1 aliphatic heterocycles. The van der Waals surface area contributed by atoms with Crippen LogP contribution in [0.1, 0.15) is 32.0 Å². The number of hydrogen-bond acceptors (Lipinski definition) is 2. The van der Waals surface area contributed by atoms with Crippen molar-refractivity contribution in [3.05, 3.63) is 58.9 Å². The molecule has 0 saturated heterocycles. The first kappa shape index (κ1) is 13.4. The summed E-state index contributed by atoms with van der Waals surface area (Å²) in [4.78, 5) is 25.5. The third kappa shape index (κ3) is 2.31. The molecule has 1 N–H and O–H groups in total. The Kier molecular flexibility index (Phi) is 3.25. The van der Waals surface area contributed by atoms with Gasteiger partial charge in [0.1, 0.15) is 5.69 Å². The van der Waals surface area contributed by atoms with Crippen molar-refractivity contribution in [1.29, 1.82) is 0 Å². The SMILES string of the molecule is Cn1cccc1C(=O)N1CCc2c(cccc2C(=O)O)C1. The summed E-state index contributed by atoms with van der Waals surface area (Å²) >= 11 is 0. The maximum atomic E-state index is 12.5. The summed E-state index contributed by atoms with van der Waals surface area (Å²) < 4.78 is 1.80. The standard InChI is InChI=1S/C16H16N2O3/c1-17-8-3-6-14(17)15(19)18-9-7-12-11(10-18)4-2-5-13(12)16(20)21/h2-6,8H,7,9-10H2,1H3,(H,20,21). The minimum absolute atomic E-state index is 0.0196. The van der Waals surface area contributed by atoms with E-state index in [0.717, 1.165) is 11.1 Å². The second-order valence-electron chi connectivity index (χ2n) is 5.23. The average Bonchev–Trinajstić information content (AvgIpc) is 2.91. The molecule has 0 saturated carbocycles. The molecule has 0 unspecified atom stereocenters. The van der Waals surface area contributed by atoms with E-state index in [2.05, 4.69) is 0 Å². The van der Waals surface area contributed by atoms with Gasteiger partial charge in [-0.05, 0) is 35.7 Å². The van der Waals surface area contributed by atoms with Crippen LogP contribution in [0.4, 0.5) is 0 Å². The van der Waals surface area contributed by atoms with E-state index >= 15 is 0 Å². The largest absolute Gasteiger partial charge is 0.478 e. The first-order valence-electron chi connectivity index (χ1n) is 6.82. The lowest BCUT2D eigenvalue weighted by Gasteiger charge is -2.29. The molecule has 0 spiro atoms. The average molecular weight is 284 g/mol. The van der Waals surface area contributed by atoms with Crippen molar-refractivity contribution in [3.8, 4) is 0 Å². The van der Waals surface area contributed by atoms with Gasteiger partial charge in [-0.1, -0.05) is 12.1 Å². The third-order valence-electron chi connectivity index (χ3n) is 3.95. The van der Waals surface area contributed by atoms with Crippen molar-refractivity contribution >= 4 is 11.9 Å². The van der Waals surface area contributed by atoms with Crippen LogP contribution in [0, 0.1) is 0 Å². The summed E-state index contributed by atoms with van der Waals surface area (Å²) in [6.07, 6.45) is 2.42. The topological polar surface area (TPSA) is 62.5 Å². The van der Waals surface area contributed by atoms with Gasteiger partial charge in [0.05, 0.1) is 5.56 Å². The Bertz CT molecular complexity index is 718. The van der Waals surface area contributed by atoms with Gasteiger partial charge in [-0.15, -0.1) is 0 Å². The number of benzene rings is 1. The smallest absolute Gasteiger partial charge is 0.335 e. The van der Waals surface area contributed by atoms with Crippen LogP contribution in [0.3, 0.4) is 0 Å². The molecule has 2 aromatic rings. The van der Waals surface area contributed by atoms with E-state index in [1.54, 1.807) is 27.7 Å². The normalized spacial score (nSPS) is 13.9. The highest BCUT2D eigenvalue weighted by atomic mass is 16.4. The second-order valence-corrected chi connectivity index (χ2v) is 5.23. The van der Waals surface area contributed by atoms with Gasteiger partial charge in [0.2, 0.25) is 0 Å². The first-order chi connectivity index (χ1) is 10.1.